The largest absolute Gasteiger partial charge is 0.301 e. The molecule has 0 bridgehead atoms. The predicted molar refractivity (Wildman–Crippen MR) is 52.8 cm³/mol. The minimum absolute atomic E-state index is 0.523. The second-order valence-electron chi connectivity index (χ2n) is 2.20. The molecule has 0 radical (unpaired) electrons. The van der Waals surface area contributed by atoms with E-state index in [1.807, 2.05) is 27.7 Å². The van der Waals surface area contributed by atoms with Crippen molar-refractivity contribution in [3.05, 3.63) is 0 Å². The monoisotopic (exact) mass is 160 g/mol. The first-order valence-electron chi connectivity index (χ1n) is 4.78. The molecular weight excluding hydrogens is 136 g/mol. The molecule has 1 saturated heterocycles. The maximum absolute atomic E-state index is 3.31. The first-order chi connectivity index (χ1) is 5.29. The summed E-state index contributed by atoms with van der Waals surface area (Å²) in [7, 11) is 0. The Morgan fingerprint density at radius 2 is 1.45 bits per heavy atom. The van der Waals surface area contributed by atoms with Crippen LogP contribution in [0.25, 0.3) is 0 Å². The summed E-state index contributed by atoms with van der Waals surface area (Å²) in [6.07, 6.45) is 0.523. The van der Waals surface area contributed by atoms with Gasteiger partial charge in [0.15, 0.2) is 0 Å². The molecule has 1 fully saturated rings. The lowest BCUT2D eigenvalue weighted by Gasteiger charge is -2.00. The zero-order valence-electron chi connectivity index (χ0n) is 8.86. The number of hydrogen-bond donors (Lipinski definition) is 2. The van der Waals surface area contributed by atoms with Crippen LogP contribution in [0, 0.1) is 0 Å². The second kappa shape index (κ2) is 9.92. The van der Waals surface area contributed by atoms with Crippen LogP contribution in [0.5, 0.6) is 0 Å². The van der Waals surface area contributed by atoms with E-state index in [4.69, 9.17) is 0 Å². The maximum Gasteiger partial charge on any atom is 0.0545 e. The minimum Gasteiger partial charge on any atom is -0.301 e. The van der Waals surface area contributed by atoms with E-state index in [0.717, 1.165) is 6.54 Å². The molecule has 2 nitrogen and oxygen atoms in total. The molecule has 0 aromatic heterocycles. The molecule has 2 unspecified atom stereocenters. The molecule has 70 valence electrons. The van der Waals surface area contributed by atoms with Crippen molar-refractivity contribution in [1.29, 1.82) is 0 Å². The second-order valence-corrected chi connectivity index (χ2v) is 2.20. The molecule has 2 atom stereocenters. The molecule has 0 amide bonds. The maximum atomic E-state index is 3.31. The molecule has 0 spiro atoms. The fourth-order valence-corrected chi connectivity index (χ4v) is 0.898. The van der Waals surface area contributed by atoms with Gasteiger partial charge in [-0.25, -0.2) is 0 Å². The van der Waals surface area contributed by atoms with Crippen LogP contribution in [-0.2, 0) is 0 Å². The Kier molecular flexibility index (Phi) is 12.2. The van der Waals surface area contributed by atoms with Gasteiger partial charge in [-0.05, 0) is 13.8 Å². The first kappa shape index (κ1) is 13.5. The molecule has 1 aliphatic heterocycles. The Morgan fingerprint density at radius 1 is 1.00 bits per heavy atom. The van der Waals surface area contributed by atoms with Crippen molar-refractivity contribution < 1.29 is 0 Å². The van der Waals surface area contributed by atoms with Gasteiger partial charge in [-0.2, -0.15) is 0 Å². The quantitative estimate of drug-likeness (QED) is 0.566. The van der Waals surface area contributed by atoms with Crippen molar-refractivity contribution >= 4 is 0 Å². The van der Waals surface area contributed by atoms with Gasteiger partial charge < -0.3 is 5.32 Å². The SMILES string of the molecule is CC.CC.CC1CNC(C)N1. The highest BCUT2D eigenvalue weighted by Crippen LogP contribution is 1.89. The van der Waals surface area contributed by atoms with Gasteiger partial charge in [-0.3, -0.25) is 5.32 Å². The molecule has 11 heavy (non-hydrogen) atoms. The van der Waals surface area contributed by atoms with Gasteiger partial charge in [0.2, 0.25) is 0 Å². The van der Waals surface area contributed by atoms with E-state index in [1.54, 1.807) is 0 Å². The lowest BCUT2D eigenvalue weighted by molar-refractivity contribution is 0.576. The van der Waals surface area contributed by atoms with Crippen molar-refractivity contribution in [1.82, 2.24) is 10.6 Å². The summed E-state index contributed by atoms with van der Waals surface area (Å²) in [5.41, 5.74) is 0. The normalized spacial score (nSPS) is 27.8. The summed E-state index contributed by atoms with van der Waals surface area (Å²) in [5, 5.41) is 6.56. The number of nitrogens with one attached hydrogen (secondary N) is 2. The first-order valence-corrected chi connectivity index (χ1v) is 4.78. The third kappa shape index (κ3) is 7.82. The third-order valence-electron chi connectivity index (χ3n) is 1.26. The molecule has 1 heterocycles. The predicted octanol–water partition coefficient (Wildman–Crippen LogP) is 1.97. The molecular formula is C9H24N2. The Balaban J connectivity index is 0. The molecule has 0 aromatic carbocycles. The van der Waals surface area contributed by atoms with Gasteiger partial charge in [0.1, 0.15) is 0 Å². The standard InChI is InChI=1S/C5H12N2.2C2H6/c1-4-3-6-5(2)7-4;2*1-2/h4-7H,3H2,1-2H3;2*1-2H3. The Morgan fingerprint density at radius 3 is 1.55 bits per heavy atom. The molecule has 0 aromatic rings. The fraction of sp³-hybridized carbons (Fsp3) is 1.00. The van der Waals surface area contributed by atoms with Crippen LogP contribution in [0.4, 0.5) is 0 Å². The molecule has 0 saturated carbocycles. The summed E-state index contributed by atoms with van der Waals surface area (Å²) in [6, 6.07) is 0.662. The van der Waals surface area contributed by atoms with Crippen molar-refractivity contribution in [3.63, 3.8) is 0 Å². The summed E-state index contributed by atoms with van der Waals surface area (Å²) >= 11 is 0. The van der Waals surface area contributed by atoms with Crippen molar-refractivity contribution in [3.8, 4) is 0 Å². The Hall–Kier alpha value is -0.0800. The summed E-state index contributed by atoms with van der Waals surface area (Å²) in [5.74, 6) is 0. The number of rotatable bonds is 0. The van der Waals surface area contributed by atoms with Crippen LogP contribution in [0.15, 0.2) is 0 Å². The average Bonchev–Trinajstić information content (AvgIpc) is 2.43. The molecule has 0 aliphatic carbocycles. The van der Waals surface area contributed by atoms with Gasteiger partial charge in [0.25, 0.3) is 0 Å². The van der Waals surface area contributed by atoms with E-state index >= 15 is 0 Å². The van der Waals surface area contributed by atoms with E-state index in [-0.39, 0.29) is 0 Å². The molecule has 2 heteroatoms. The van der Waals surface area contributed by atoms with Crippen molar-refractivity contribution in [2.24, 2.45) is 0 Å². The molecule has 1 rings (SSSR count). The van der Waals surface area contributed by atoms with Crippen LogP contribution in [0.1, 0.15) is 41.5 Å². The fourth-order valence-electron chi connectivity index (χ4n) is 0.898. The highest BCUT2D eigenvalue weighted by atomic mass is 15.2. The topological polar surface area (TPSA) is 24.1 Å². The minimum atomic E-state index is 0.523. The van der Waals surface area contributed by atoms with E-state index in [2.05, 4.69) is 24.5 Å². The smallest absolute Gasteiger partial charge is 0.0545 e. The zero-order valence-corrected chi connectivity index (χ0v) is 8.86. The summed E-state index contributed by atoms with van der Waals surface area (Å²) in [6.45, 7) is 13.4. The zero-order chi connectivity index (χ0) is 9.28. The van der Waals surface area contributed by atoms with Crippen LogP contribution >= 0.6 is 0 Å². The highest BCUT2D eigenvalue weighted by Gasteiger charge is 2.12. The van der Waals surface area contributed by atoms with Gasteiger partial charge in [0, 0.05) is 12.6 Å². The molecule has 2 N–H and O–H groups in total. The van der Waals surface area contributed by atoms with Gasteiger partial charge in [0.05, 0.1) is 6.17 Å². The van der Waals surface area contributed by atoms with Crippen molar-refractivity contribution in [2.45, 2.75) is 53.8 Å². The van der Waals surface area contributed by atoms with E-state index in [1.165, 1.54) is 0 Å². The average molecular weight is 160 g/mol. The van der Waals surface area contributed by atoms with Gasteiger partial charge in [-0.1, -0.05) is 27.7 Å². The summed E-state index contributed by atoms with van der Waals surface area (Å²) in [4.78, 5) is 0. The summed E-state index contributed by atoms with van der Waals surface area (Å²) < 4.78 is 0. The number of hydrogen-bond acceptors (Lipinski definition) is 2. The lowest BCUT2D eigenvalue weighted by atomic mass is 10.4. The highest BCUT2D eigenvalue weighted by molar-refractivity contribution is 4.75. The van der Waals surface area contributed by atoms with Crippen LogP contribution < -0.4 is 10.6 Å². The van der Waals surface area contributed by atoms with E-state index in [0.29, 0.717) is 12.2 Å². The lowest BCUT2D eigenvalue weighted by Crippen LogP contribution is -2.28. The van der Waals surface area contributed by atoms with Crippen LogP contribution in [0.2, 0.25) is 0 Å². The van der Waals surface area contributed by atoms with Gasteiger partial charge >= 0.3 is 0 Å². The Labute approximate surface area is 71.8 Å². The van der Waals surface area contributed by atoms with Crippen molar-refractivity contribution in [2.75, 3.05) is 6.54 Å². The Bertz CT molecular complexity index is 56.6. The van der Waals surface area contributed by atoms with Crippen LogP contribution in [0.3, 0.4) is 0 Å². The third-order valence-corrected chi connectivity index (χ3v) is 1.26. The van der Waals surface area contributed by atoms with Gasteiger partial charge in [-0.15, -0.1) is 0 Å². The van der Waals surface area contributed by atoms with Crippen LogP contribution in [-0.4, -0.2) is 18.8 Å². The molecule has 1 aliphatic rings. The van der Waals surface area contributed by atoms with E-state index in [9.17, 15) is 0 Å². The van der Waals surface area contributed by atoms with E-state index < -0.39 is 0 Å².